The van der Waals surface area contributed by atoms with Gasteiger partial charge in [0.15, 0.2) is 11.3 Å². The average molecular weight is 435 g/mol. The van der Waals surface area contributed by atoms with Crippen molar-refractivity contribution in [2.45, 2.75) is 44.9 Å². The summed E-state index contributed by atoms with van der Waals surface area (Å²) in [6.07, 6.45) is 1.95. The average Bonchev–Trinajstić information content (AvgIpc) is 3.32. The third-order valence-corrected chi connectivity index (χ3v) is 4.72. The molecule has 2 amide bonds. The summed E-state index contributed by atoms with van der Waals surface area (Å²) in [5.41, 5.74) is 2.29. The number of hydrogen-bond donors (Lipinski definition) is 2. The van der Waals surface area contributed by atoms with Crippen LogP contribution in [0.3, 0.4) is 0 Å². The second-order valence-electron chi connectivity index (χ2n) is 7.25. The molecule has 1 fully saturated rings. The zero-order chi connectivity index (χ0) is 22.0. The van der Waals surface area contributed by atoms with E-state index in [9.17, 15) is 18.4 Å². The number of aryl methyl sites for hydroxylation is 1. The highest BCUT2D eigenvalue weighted by atomic mass is 19.3. The Morgan fingerprint density at radius 2 is 2.10 bits per heavy atom. The molecular formula is C18H19F2N7O4. The molecule has 0 aromatic carbocycles. The van der Waals surface area contributed by atoms with Gasteiger partial charge in [0.1, 0.15) is 12.3 Å². The number of hydrogen-bond acceptors (Lipinski definition) is 8. The van der Waals surface area contributed by atoms with Gasteiger partial charge in [-0.05, 0) is 23.7 Å². The highest BCUT2D eigenvalue weighted by Gasteiger charge is 2.46. The summed E-state index contributed by atoms with van der Waals surface area (Å²) >= 11 is 0. The number of imidazole rings is 1. The summed E-state index contributed by atoms with van der Waals surface area (Å²) in [7, 11) is 0. The second-order valence-corrected chi connectivity index (χ2v) is 7.25. The molecule has 164 valence electrons. The smallest absolute Gasteiger partial charge is 0.275 e. The summed E-state index contributed by atoms with van der Waals surface area (Å²) in [5.74, 6) is -3.51. The van der Waals surface area contributed by atoms with Crippen LogP contribution in [0.25, 0.3) is 5.65 Å². The van der Waals surface area contributed by atoms with Gasteiger partial charge in [0.25, 0.3) is 11.8 Å². The molecule has 13 heteroatoms. The Labute approximate surface area is 174 Å². The molecule has 3 heterocycles. The van der Waals surface area contributed by atoms with E-state index in [0.29, 0.717) is 22.6 Å². The van der Waals surface area contributed by atoms with Gasteiger partial charge in [-0.25, -0.2) is 22.9 Å². The van der Waals surface area contributed by atoms with Gasteiger partial charge in [-0.3, -0.25) is 9.59 Å². The summed E-state index contributed by atoms with van der Waals surface area (Å²) in [5, 5.41) is 16.6. The monoisotopic (exact) mass is 435 g/mol. The van der Waals surface area contributed by atoms with Crippen LogP contribution in [0, 0.1) is 6.92 Å². The molecular weight excluding hydrogens is 416 g/mol. The lowest BCUT2D eigenvalue weighted by atomic mass is 9.91. The molecule has 3 aromatic rings. The van der Waals surface area contributed by atoms with Gasteiger partial charge in [0.05, 0.1) is 30.7 Å². The summed E-state index contributed by atoms with van der Waals surface area (Å²) in [4.78, 5) is 28.3. The lowest BCUT2D eigenvalue weighted by Crippen LogP contribution is -2.43. The minimum absolute atomic E-state index is 0.106. The van der Waals surface area contributed by atoms with Crippen LogP contribution in [0.15, 0.2) is 23.1 Å². The van der Waals surface area contributed by atoms with Crippen LogP contribution < -0.4 is 10.6 Å². The first-order valence-corrected chi connectivity index (χ1v) is 9.46. The quantitative estimate of drug-likeness (QED) is 0.530. The predicted octanol–water partition coefficient (Wildman–Crippen LogP) is 0.781. The van der Waals surface area contributed by atoms with E-state index in [0.717, 1.165) is 0 Å². The summed E-state index contributed by atoms with van der Waals surface area (Å²) in [6, 6.07) is 1.73. The normalized spacial score (nSPS) is 15.6. The van der Waals surface area contributed by atoms with Crippen LogP contribution >= 0.6 is 0 Å². The first kappa shape index (κ1) is 20.8. The van der Waals surface area contributed by atoms with Crippen LogP contribution in [0.5, 0.6) is 0 Å². The van der Waals surface area contributed by atoms with E-state index in [1.807, 2.05) is 0 Å². The van der Waals surface area contributed by atoms with Crippen molar-refractivity contribution in [2.75, 3.05) is 6.61 Å². The Hall–Kier alpha value is -3.48. The van der Waals surface area contributed by atoms with Crippen molar-refractivity contribution in [3.8, 4) is 0 Å². The number of amides is 2. The highest BCUT2D eigenvalue weighted by molar-refractivity contribution is 5.92. The van der Waals surface area contributed by atoms with Gasteiger partial charge < -0.3 is 15.4 Å². The molecule has 0 aliphatic heterocycles. The van der Waals surface area contributed by atoms with Crippen molar-refractivity contribution in [1.29, 1.82) is 0 Å². The number of carbonyl (C=O) groups excluding carboxylic acids is 2. The maximum absolute atomic E-state index is 12.8. The molecule has 1 aliphatic carbocycles. The molecule has 3 aromatic heterocycles. The number of alkyl halides is 2. The maximum atomic E-state index is 12.8. The topological polar surface area (TPSA) is 137 Å². The van der Waals surface area contributed by atoms with E-state index in [-0.39, 0.29) is 38.2 Å². The molecule has 0 saturated heterocycles. The third kappa shape index (κ3) is 4.99. The third-order valence-electron chi connectivity index (χ3n) is 4.72. The minimum atomic E-state index is -2.68. The van der Waals surface area contributed by atoms with E-state index >= 15 is 0 Å². The van der Waals surface area contributed by atoms with E-state index in [1.165, 1.54) is 4.52 Å². The summed E-state index contributed by atoms with van der Waals surface area (Å²) < 4.78 is 36.7. The van der Waals surface area contributed by atoms with Crippen molar-refractivity contribution in [2.24, 2.45) is 0 Å². The van der Waals surface area contributed by atoms with E-state index in [1.54, 1.807) is 25.4 Å². The van der Waals surface area contributed by atoms with Gasteiger partial charge in [0.2, 0.25) is 5.91 Å². The Kier molecular flexibility index (Phi) is 5.59. The van der Waals surface area contributed by atoms with Crippen molar-refractivity contribution in [3.05, 3.63) is 41.1 Å². The molecule has 2 N–H and O–H groups in total. The number of carbonyl (C=O) groups is 2. The SMILES string of the molecule is Cc1nonc1C(=O)NCc1cn2ncc(CNC(=O)COC3CC(F)(F)C3)cc2n1. The molecule has 0 spiro atoms. The molecule has 0 bridgehead atoms. The van der Waals surface area contributed by atoms with Gasteiger partial charge in [-0.2, -0.15) is 5.10 Å². The van der Waals surface area contributed by atoms with Gasteiger partial charge in [0, 0.05) is 19.4 Å². The molecule has 0 atom stereocenters. The molecule has 1 aliphatic rings. The Morgan fingerprint density at radius 1 is 1.29 bits per heavy atom. The number of nitrogens with one attached hydrogen (secondary N) is 2. The van der Waals surface area contributed by atoms with Crippen molar-refractivity contribution >= 4 is 17.5 Å². The zero-order valence-electron chi connectivity index (χ0n) is 16.5. The largest absolute Gasteiger partial charge is 0.368 e. The number of nitrogens with zero attached hydrogens (tertiary/aromatic N) is 5. The maximum Gasteiger partial charge on any atom is 0.275 e. The number of ether oxygens (including phenoxy) is 1. The molecule has 1 saturated carbocycles. The van der Waals surface area contributed by atoms with E-state index in [2.05, 4.69) is 35.7 Å². The van der Waals surface area contributed by atoms with E-state index in [4.69, 9.17) is 4.74 Å². The lowest BCUT2D eigenvalue weighted by Gasteiger charge is -2.34. The fourth-order valence-corrected chi connectivity index (χ4v) is 3.01. The number of aromatic nitrogens is 5. The molecule has 4 rings (SSSR count). The molecule has 11 nitrogen and oxygen atoms in total. The Morgan fingerprint density at radius 3 is 2.81 bits per heavy atom. The van der Waals surface area contributed by atoms with Crippen molar-refractivity contribution in [3.63, 3.8) is 0 Å². The number of rotatable bonds is 8. The fourth-order valence-electron chi connectivity index (χ4n) is 3.01. The minimum Gasteiger partial charge on any atom is -0.368 e. The van der Waals surface area contributed by atoms with Gasteiger partial charge in [-0.15, -0.1) is 0 Å². The first-order valence-electron chi connectivity index (χ1n) is 9.46. The van der Waals surface area contributed by atoms with E-state index < -0.39 is 23.8 Å². The summed E-state index contributed by atoms with van der Waals surface area (Å²) in [6.45, 7) is 1.67. The molecule has 0 radical (unpaired) electrons. The Balaban J connectivity index is 1.27. The standard InChI is InChI=1S/C18H19F2N7O4/c1-10-16(26-31-25-10)17(29)22-7-12-8-27-14(24-12)2-11(6-23-27)5-21-15(28)9-30-13-3-18(19,20)4-13/h2,6,8,13H,3-5,7,9H2,1H3,(H,21,28)(H,22,29). The van der Waals surface area contributed by atoms with Crippen LogP contribution in [0.1, 0.15) is 40.3 Å². The highest BCUT2D eigenvalue weighted by Crippen LogP contribution is 2.39. The van der Waals surface area contributed by atoms with Crippen LogP contribution in [0.2, 0.25) is 0 Å². The first-order chi connectivity index (χ1) is 14.8. The van der Waals surface area contributed by atoms with Crippen molar-refractivity contribution < 1.29 is 27.7 Å². The zero-order valence-corrected chi connectivity index (χ0v) is 16.5. The Bertz CT molecular complexity index is 1110. The number of fused-ring (bicyclic) bond motifs is 1. The van der Waals surface area contributed by atoms with Crippen molar-refractivity contribution in [1.82, 2.24) is 35.5 Å². The molecule has 0 unspecified atom stereocenters. The second kappa shape index (κ2) is 8.34. The fraction of sp³-hybridized carbons (Fsp3) is 0.444. The predicted molar refractivity (Wildman–Crippen MR) is 99.0 cm³/mol. The van der Waals surface area contributed by atoms with Crippen LogP contribution in [-0.4, -0.2) is 55.4 Å². The van der Waals surface area contributed by atoms with Gasteiger partial charge in [-0.1, -0.05) is 5.16 Å². The van der Waals surface area contributed by atoms with Gasteiger partial charge >= 0.3 is 0 Å². The molecule has 31 heavy (non-hydrogen) atoms. The van der Waals surface area contributed by atoms with Crippen LogP contribution in [-0.2, 0) is 22.6 Å². The lowest BCUT2D eigenvalue weighted by molar-refractivity contribution is -0.170. The van der Waals surface area contributed by atoms with Crippen LogP contribution in [0.4, 0.5) is 8.78 Å². The number of halogens is 2.